The number of hydrogen-bond acceptors (Lipinski definition) is 2. The molecule has 0 atom stereocenters. The number of oxime groups is 1. The highest BCUT2D eigenvalue weighted by Gasteiger charge is 2.30. The minimum absolute atomic E-state index is 0.267. The van der Waals surface area contributed by atoms with E-state index in [4.69, 9.17) is 10.9 Å². The van der Waals surface area contributed by atoms with Gasteiger partial charge in [0.1, 0.15) is 0 Å². The maximum absolute atomic E-state index is 8.57. The third-order valence-electron chi connectivity index (χ3n) is 2.33. The Balaban J connectivity index is 2.38. The molecule has 0 heterocycles. The summed E-state index contributed by atoms with van der Waals surface area (Å²) in [7, 11) is 0. The monoisotopic (exact) mass is 185 g/mol. The van der Waals surface area contributed by atoms with Crippen LogP contribution in [0.15, 0.2) is 5.16 Å². The lowest BCUT2D eigenvalue weighted by Gasteiger charge is -2.22. The Hall–Kier alpha value is -0.930. The van der Waals surface area contributed by atoms with E-state index in [0.29, 0.717) is 12.0 Å². The van der Waals surface area contributed by atoms with Crippen LogP contribution in [0, 0.1) is 5.92 Å². The maximum Gasteiger partial charge on any atom is 0.233 e. The topological polar surface area (TPSA) is 61.8 Å². The largest absolute Gasteiger partial charge is 0.408 e. The summed E-state index contributed by atoms with van der Waals surface area (Å²) in [6, 6.07) is 0.523. The molecule has 0 aliphatic heterocycles. The van der Waals surface area contributed by atoms with Gasteiger partial charge >= 0.3 is 0 Å². The molecule has 1 fully saturated rings. The number of nitrogens with zero attached hydrogens (tertiary/aromatic N) is 2. The average Bonchev–Trinajstić information content (AvgIpc) is 2.87. The Bertz CT molecular complexity index is 187. The number of guanidine groups is 1. The van der Waals surface area contributed by atoms with Crippen LogP contribution in [-0.2, 0) is 0 Å². The fourth-order valence-corrected chi connectivity index (χ4v) is 1.33. The zero-order valence-electron chi connectivity index (χ0n) is 8.40. The Kier molecular flexibility index (Phi) is 3.39. The lowest BCUT2D eigenvalue weighted by molar-refractivity contribution is 0.290. The van der Waals surface area contributed by atoms with Crippen molar-refractivity contribution in [2.24, 2.45) is 16.8 Å². The molecule has 1 saturated carbocycles. The molecule has 0 unspecified atom stereocenters. The molecule has 0 aromatic carbocycles. The van der Waals surface area contributed by atoms with Gasteiger partial charge in [-0.1, -0.05) is 19.0 Å². The molecule has 0 spiro atoms. The van der Waals surface area contributed by atoms with E-state index in [1.165, 1.54) is 12.8 Å². The second kappa shape index (κ2) is 4.35. The molecule has 0 aromatic heterocycles. The molecule has 0 bridgehead atoms. The van der Waals surface area contributed by atoms with E-state index in [2.05, 4.69) is 19.0 Å². The van der Waals surface area contributed by atoms with E-state index < -0.39 is 0 Å². The third-order valence-corrected chi connectivity index (χ3v) is 2.33. The first-order valence-corrected chi connectivity index (χ1v) is 4.89. The molecule has 1 aliphatic carbocycles. The third kappa shape index (κ3) is 3.13. The van der Waals surface area contributed by atoms with Crippen LogP contribution < -0.4 is 5.73 Å². The zero-order chi connectivity index (χ0) is 9.84. The van der Waals surface area contributed by atoms with Gasteiger partial charge in [-0.25, -0.2) is 0 Å². The predicted molar refractivity (Wildman–Crippen MR) is 52.6 cm³/mol. The van der Waals surface area contributed by atoms with Gasteiger partial charge in [-0.05, 0) is 25.2 Å². The molecule has 4 heteroatoms. The van der Waals surface area contributed by atoms with E-state index in [9.17, 15) is 0 Å². The van der Waals surface area contributed by atoms with Gasteiger partial charge < -0.3 is 15.8 Å². The highest BCUT2D eigenvalue weighted by molar-refractivity contribution is 5.78. The zero-order valence-corrected chi connectivity index (χ0v) is 8.40. The predicted octanol–water partition coefficient (Wildman–Crippen LogP) is 1.20. The molecule has 4 nitrogen and oxygen atoms in total. The lowest BCUT2D eigenvalue weighted by atomic mass is 10.1. The highest BCUT2D eigenvalue weighted by Crippen LogP contribution is 2.26. The van der Waals surface area contributed by atoms with Crippen molar-refractivity contribution < 1.29 is 5.21 Å². The summed E-state index contributed by atoms with van der Waals surface area (Å²) in [6.45, 7) is 5.26. The molecule has 1 rings (SSSR count). The average molecular weight is 185 g/mol. The normalized spacial score (nSPS) is 17.9. The fourth-order valence-electron chi connectivity index (χ4n) is 1.33. The van der Waals surface area contributed by atoms with Crippen LogP contribution in [0.25, 0.3) is 0 Å². The molecule has 0 radical (unpaired) electrons. The van der Waals surface area contributed by atoms with Gasteiger partial charge in [0.25, 0.3) is 0 Å². The summed E-state index contributed by atoms with van der Waals surface area (Å²) in [5.41, 5.74) is 5.57. The van der Waals surface area contributed by atoms with Crippen molar-refractivity contribution >= 4 is 5.96 Å². The summed E-state index contributed by atoms with van der Waals surface area (Å²) in [4.78, 5) is 2.00. The Morgan fingerprint density at radius 1 is 1.62 bits per heavy atom. The van der Waals surface area contributed by atoms with Crippen molar-refractivity contribution in [2.75, 3.05) is 6.54 Å². The molecule has 76 valence electrons. The molecule has 1 aliphatic rings. The molecule has 0 saturated heterocycles. The van der Waals surface area contributed by atoms with Gasteiger partial charge in [-0.15, -0.1) is 0 Å². The summed E-state index contributed by atoms with van der Waals surface area (Å²) < 4.78 is 0. The Morgan fingerprint density at radius 3 is 2.62 bits per heavy atom. The first kappa shape index (κ1) is 10.2. The van der Waals surface area contributed by atoms with Crippen LogP contribution in [0.3, 0.4) is 0 Å². The smallest absolute Gasteiger partial charge is 0.233 e. The summed E-state index contributed by atoms with van der Waals surface area (Å²) in [5, 5.41) is 11.6. The minimum Gasteiger partial charge on any atom is -0.408 e. The molecule has 13 heavy (non-hydrogen) atoms. The van der Waals surface area contributed by atoms with Crippen LogP contribution >= 0.6 is 0 Å². The first-order chi connectivity index (χ1) is 6.15. The molecule has 0 aromatic rings. The van der Waals surface area contributed by atoms with E-state index >= 15 is 0 Å². The summed E-state index contributed by atoms with van der Waals surface area (Å²) in [6.07, 6.45) is 3.44. The maximum atomic E-state index is 8.57. The SMILES string of the molecule is CC(C)CCN(C(N)=NO)C1CC1. The van der Waals surface area contributed by atoms with Crippen LogP contribution in [-0.4, -0.2) is 28.7 Å². The quantitative estimate of drug-likeness (QED) is 0.299. The Morgan fingerprint density at radius 2 is 2.23 bits per heavy atom. The van der Waals surface area contributed by atoms with E-state index in [1.807, 2.05) is 4.90 Å². The molecule has 0 amide bonds. The number of hydrogen-bond donors (Lipinski definition) is 2. The fraction of sp³-hybridized carbons (Fsp3) is 0.889. The van der Waals surface area contributed by atoms with E-state index in [-0.39, 0.29) is 5.96 Å². The van der Waals surface area contributed by atoms with Gasteiger partial charge in [0.2, 0.25) is 5.96 Å². The molecular formula is C9H19N3O. The second-order valence-corrected chi connectivity index (χ2v) is 4.07. The van der Waals surface area contributed by atoms with Gasteiger partial charge in [0.15, 0.2) is 0 Å². The first-order valence-electron chi connectivity index (χ1n) is 4.89. The van der Waals surface area contributed by atoms with Crippen LogP contribution in [0.4, 0.5) is 0 Å². The van der Waals surface area contributed by atoms with Crippen molar-refractivity contribution in [1.82, 2.24) is 4.90 Å². The van der Waals surface area contributed by atoms with E-state index in [1.54, 1.807) is 0 Å². The van der Waals surface area contributed by atoms with Crippen LogP contribution in [0.5, 0.6) is 0 Å². The van der Waals surface area contributed by atoms with Crippen LogP contribution in [0.1, 0.15) is 33.1 Å². The minimum atomic E-state index is 0.267. The molecular weight excluding hydrogens is 166 g/mol. The van der Waals surface area contributed by atoms with Crippen molar-refractivity contribution in [1.29, 1.82) is 0 Å². The van der Waals surface area contributed by atoms with Crippen molar-refractivity contribution in [3.8, 4) is 0 Å². The lowest BCUT2D eigenvalue weighted by Crippen LogP contribution is -2.40. The van der Waals surface area contributed by atoms with E-state index in [0.717, 1.165) is 13.0 Å². The standard InChI is InChI=1S/C9H19N3O/c1-7(2)5-6-12(8-3-4-8)9(10)11-13/h7-8,13H,3-6H2,1-2H3,(H2,10,11). The van der Waals surface area contributed by atoms with Gasteiger partial charge in [0, 0.05) is 12.6 Å². The van der Waals surface area contributed by atoms with Gasteiger partial charge in [0.05, 0.1) is 0 Å². The van der Waals surface area contributed by atoms with Gasteiger partial charge in [-0.3, -0.25) is 0 Å². The van der Waals surface area contributed by atoms with Crippen LogP contribution in [0.2, 0.25) is 0 Å². The van der Waals surface area contributed by atoms with Crippen molar-refractivity contribution in [3.63, 3.8) is 0 Å². The van der Waals surface area contributed by atoms with Gasteiger partial charge in [-0.2, -0.15) is 0 Å². The number of nitrogens with two attached hydrogens (primary N) is 1. The summed E-state index contributed by atoms with van der Waals surface area (Å²) in [5.74, 6) is 0.927. The second-order valence-electron chi connectivity index (χ2n) is 4.07. The number of rotatable bonds is 4. The van der Waals surface area contributed by atoms with Crippen molar-refractivity contribution in [2.45, 2.75) is 39.2 Å². The summed E-state index contributed by atoms with van der Waals surface area (Å²) >= 11 is 0. The van der Waals surface area contributed by atoms with Crippen molar-refractivity contribution in [3.05, 3.63) is 0 Å². The highest BCUT2D eigenvalue weighted by atomic mass is 16.4. The Labute approximate surface area is 79.4 Å². The molecule has 3 N–H and O–H groups in total.